The first-order valence-corrected chi connectivity index (χ1v) is 6.35. The summed E-state index contributed by atoms with van der Waals surface area (Å²) in [5, 5.41) is 0. The number of likely N-dealkylation sites (tertiary alicyclic amines) is 1. The van der Waals surface area contributed by atoms with Crippen molar-refractivity contribution >= 4 is 11.6 Å². The number of halogens is 1. The van der Waals surface area contributed by atoms with Crippen LogP contribution in [0.4, 0.5) is 0 Å². The van der Waals surface area contributed by atoms with E-state index in [4.69, 9.17) is 16.3 Å². The van der Waals surface area contributed by atoms with E-state index < -0.39 is 0 Å². The molecular formula is C11H20ClNO. The highest BCUT2D eigenvalue weighted by molar-refractivity contribution is 6.18. The zero-order valence-corrected chi connectivity index (χ0v) is 9.51. The highest BCUT2D eigenvalue weighted by Crippen LogP contribution is 2.21. The third kappa shape index (κ3) is 2.62. The van der Waals surface area contributed by atoms with Crippen molar-refractivity contribution in [1.29, 1.82) is 0 Å². The smallest absolute Gasteiger partial charge is 0.0588 e. The molecule has 14 heavy (non-hydrogen) atoms. The number of nitrogens with zero attached hydrogens (tertiary/aromatic N) is 1. The molecule has 0 aromatic heterocycles. The van der Waals surface area contributed by atoms with Gasteiger partial charge in [0.15, 0.2) is 0 Å². The molecule has 2 heterocycles. The molecule has 0 bridgehead atoms. The van der Waals surface area contributed by atoms with Crippen molar-refractivity contribution in [2.75, 3.05) is 25.6 Å². The Morgan fingerprint density at radius 3 is 2.93 bits per heavy atom. The second-order valence-electron chi connectivity index (χ2n) is 4.41. The lowest BCUT2D eigenvalue weighted by molar-refractivity contribution is 0.0913. The quantitative estimate of drug-likeness (QED) is 0.670. The van der Waals surface area contributed by atoms with Crippen molar-refractivity contribution in [3.63, 3.8) is 0 Å². The van der Waals surface area contributed by atoms with Gasteiger partial charge in [-0.15, -0.1) is 11.6 Å². The highest BCUT2D eigenvalue weighted by atomic mass is 35.5. The average Bonchev–Trinajstić information content (AvgIpc) is 2.85. The molecule has 2 aliphatic rings. The van der Waals surface area contributed by atoms with Crippen LogP contribution in [0.25, 0.3) is 0 Å². The van der Waals surface area contributed by atoms with E-state index in [1.54, 1.807) is 0 Å². The maximum Gasteiger partial charge on any atom is 0.0588 e. The molecule has 2 rings (SSSR count). The van der Waals surface area contributed by atoms with Crippen molar-refractivity contribution in [3.05, 3.63) is 0 Å². The van der Waals surface area contributed by atoms with Gasteiger partial charge in [0.1, 0.15) is 0 Å². The minimum Gasteiger partial charge on any atom is -0.378 e. The Bertz CT molecular complexity index is 171. The van der Waals surface area contributed by atoms with E-state index in [1.807, 2.05) is 0 Å². The zero-order chi connectivity index (χ0) is 9.80. The van der Waals surface area contributed by atoms with Crippen molar-refractivity contribution in [2.24, 2.45) is 0 Å². The third-order valence-electron chi connectivity index (χ3n) is 3.44. The van der Waals surface area contributed by atoms with Gasteiger partial charge in [-0.3, -0.25) is 4.90 Å². The Morgan fingerprint density at radius 1 is 1.29 bits per heavy atom. The predicted molar refractivity (Wildman–Crippen MR) is 58.9 cm³/mol. The van der Waals surface area contributed by atoms with Crippen molar-refractivity contribution < 1.29 is 4.74 Å². The summed E-state index contributed by atoms with van der Waals surface area (Å²) in [5.74, 6) is 0.797. The zero-order valence-electron chi connectivity index (χ0n) is 8.75. The molecule has 2 unspecified atom stereocenters. The molecule has 2 fully saturated rings. The van der Waals surface area contributed by atoms with Gasteiger partial charge in [0.25, 0.3) is 0 Å². The Morgan fingerprint density at radius 2 is 2.21 bits per heavy atom. The molecule has 0 amide bonds. The average molecular weight is 218 g/mol. The molecule has 0 aliphatic carbocycles. The molecule has 2 saturated heterocycles. The SMILES string of the molecule is ClCC1CCCN1CCC1CCCO1. The minimum absolute atomic E-state index is 0.534. The summed E-state index contributed by atoms with van der Waals surface area (Å²) in [6.07, 6.45) is 6.86. The predicted octanol–water partition coefficient (Wildman–Crippen LogP) is 2.26. The van der Waals surface area contributed by atoms with E-state index in [0.717, 1.165) is 12.5 Å². The first-order chi connectivity index (χ1) is 6.90. The molecule has 3 heteroatoms. The maximum absolute atomic E-state index is 5.93. The van der Waals surface area contributed by atoms with Crippen LogP contribution < -0.4 is 0 Å². The van der Waals surface area contributed by atoms with Crippen molar-refractivity contribution in [2.45, 2.75) is 44.2 Å². The topological polar surface area (TPSA) is 12.5 Å². The Labute approximate surface area is 91.6 Å². The van der Waals surface area contributed by atoms with E-state index in [2.05, 4.69) is 4.90 Å². The van der Waals surface area contributed by atoms with E-state index in [0.29, 0.717) is 12.1 Å². The van der Waals surface area contributed by atoms with E-state index in [-0.39, 0.29) is 0 Å². The van der Waals surface area contributed by atoms with Crippen LogP contribution in [0.15, 0.2) is 0 Å². The molecular weight excluding hydrogens is 198 g/mol. The molecule has 2 aliphatic heterocycles. The second kappa shape index (κ2) is 5.34. The number of hydrogen-bond acceptors (Lipinski definition) is 2. The first-order valence-electron chi connectivity index (χ1n) is 5.82. The minimum atomic E-state index is 0.534. The standard InChI is InChI=1S/C11H20ClNO/c12-9-10-3-1-6-13(10)7-5-11-4-2-8-14-11/h10-11H,1-9H2. The molecule has 0 N–H and O–H groups in total. The van der Waals surface area contributed by atoms with E-state index in [1.165, 1.54) is 45.2 Å². The monoisotopic (exact) mass is 217 g/mol. The Balaban J connectivity index is 1.68. The fraction of sp³-hybridized carbons (Fsp3) is 1.00. The largest absolute Gasteiger partial charge is 0.378 e. The molecule has 2 atom stereocenters. The lowest BCUT2D eigenvalue weighted by Gasteiger charge is -2.23. The Kier molecular flexibility index (Phi) is 4.09. The molecule has 0 saturated carbocycles. The number of hydrogen-bond donors (Lipinski definition) is 0. The van der Waals surface area contributed by atoms with Crippen molar-refractivity contribution in [3.8, 4) is 0 Å². The van der Waals surface area contributed by atoms with Crippen LogP contribution in [0.3, 0.4) is 0 Å². The summed E-state index contributed by atoms with van der Waals surface area (Å²) < 4.78 is 5.62. The number of alkyl halides is 1. The normalized spacial score (nSPS) is 34.1. The van der Waals surface area contributed by atoms with Crippen LogP contribution >= 0.6 is 11.6 Å². The number of rotatable bonds is 4. The van der Waals surface area contributed by atoms with Gasteiger partial charge in [0.05, 0.1) is 6.10 Å². The lowest BCUT2D eigenvalue weighted by Crippen LogP contribution is -2.33. The van der Waals surface area contributed by atoms with Crippen LogP contribution in [0.5, 0.6) is 0 Å². The van der Waals surface area contributed by atoms with E-state index in [9.17, 15) is 0 Å². The summed E-state index contributed by atoms with van der Waals surface area (Å²) in [5.41, 5.74) is 0. The van der Waals surface area contributed by atoms with Crippen LogP contribution in [0.1, 0.15) is 32.1 Å². The number of ether oxygens (including phenoxy) is 1. The van der Waals surface area contributed by atoms with Gasteiger partial charge in [-0.25, -0.2) is 0 Å². The van der Waals surface area contributed by atoms with Crippen LogP contribution in [0.2, 0.25) is 0 Å². The third-order valence-corrected chi connectivity index (χ3v) is 3.80. The summed E-state index contributed by atoms with van der Waals surface area (Å²) in [7, 11) is 0. The fourth-order valence-corrected chi connectivity index (χ4v) is 2.90. The van der Waals surface area contributed by atoms with Gasteiger partial charge in [-0.1, -0.05) is 0 Å². The van der Waals surface area contributed by atoms with Gasteiger partial charge in [-0.2, -0.15) is 0 Å². The molecule has 0 aromatic rings. The first kappa shape index (κ1) is 10.7. The van der Waals surface area contributed by atoms with Gasteiger partial charge in [-0.05, 0) is 38.6 Å². The summed E-state index contributed by atoms with van der Waals surface area (Å²) in [6.45, 7) is 3.40. The van der Waals surface area contributed by atoms with E-state index >= 15 is 0 Å². The van der Waals surface area contributed by atoms with Crippen molar-refractivity contribution in [1.82, 2.24) is 4.90 Å². The fourth-order valence-electron chi connectivity index (χ4n) is 2.55. The van der Waals surface area contributed by atoms with Crippen LogP contribution in [-0.4, -0.2) is 42.6 Å². The highest BCUT2D eigenvalue weighted by Gasteiger charge is 2.24. The van der Waals surface area contributed by atoms with Gasteiger partial charge in [0, 0.05) is 25.1 Å². The molecule has 0 aromatic carbocycles. The van der Waals surface area contributed by atoms with Gasteiger partial charge in [0.2, 0.25) is 0 Å². The summed E-state index contributed by atoms with van der Waals surface area (Å²) in [4.78, 5) is 2.54. The second-order valence-corrected chi connectivity index (χ2v) is 4.72. The Hall–Kier alpha value is 0.210. The lowest BCUT2D eigenvalue weighted by atomic mass is 10.1. The van der Waals surface area contributed by atoms with Crippen LogP contribution in [-0.2, 0) is 4.74 Å². The van der Waals surface area contributed by atoms with Crippen LogP contribution in [0, 0.1) is 0 Å². The summed E-state index contributed by atoms with van der Waals surface area (Å²) in [6, 6.07) is 0.637. The summed E-state index contributed by atoms with van der Waals surface area (Å²) >= 11 is 5.93. The molecule has 0 spiro atoms. The maximum atomic E-state index is 5.93. The molecule has 2 nitrogen and oxygen atoms in total. The van der Waals surface area contributed by atoms with Gasteiger partial charge < -0.3 is 4.74 Å². The molecule has 82 valence electrons. The van der Waals surface area contributed by atoms with Gasteiger partial charge >= 0.3 is 0 Å². The molecule has 0 radical (unpaired) electrons.